The van der Waals surface area contributed by atoms with E-state index in [0.29, 0.717) is 23.2 Å². The third-order valence-corrected chi connectivity index (χ3v) is 5.07. The molecule has 0 unspecified atom stereocenters. The second-order valence-electron chi connectivity index (χ2n) is 6.68. The van der Waals surface area contributed by atoms with Gasteiger partial charge >= 0.3 is 0 Å². The van der Waals surface area contributed by atoms with Crippen molar-refractivity contribution in [3.05, 3.63) is 53.7 Å². The molecule has 2 aliphatic heterocycles. The number of furan rings is 1. The van der Waals surface area contributed by atoms with E-state index in [2.05, 4.69) is 16.0 Å². The normalized spacial score (nSPS) is 24.1. The summed E-state index contributed by atoms with van der Waals surface area (Å²) in [7, 11) is 0. The van der Waals surface area contributed by atoms with Crippen LogP contribution in [0.4, 0.5) is 0 Å². The molecule has 0 bridgehead atoms. The van der Waals surface area contributed by atoms with Crippen molar-refractivity contribution in [2.45, 2.75) is 13.5 Å². The minimum atomic E-state index is 0.115. The maximum absolute atomic E-state index is 12.6. The summed E-state index contributed by atoms with van der Waals surface area (Å²) < 4.78 is 5.26. The van der Waals surface area contributed by atoms with E-state index in [4.69, 9.17) is 4.42 Å². The number of amides is 1. The fourth-order valence-corrected chi connectivity index (χ4v) is 3.91. The summed E-state index contributed by atoms with van der Waals surface area (Å²) in [6, 6.07) is 5.89. The molecule has 5 heteroatoms. The van der Waals surface area contributed by atoms with Gasteiger partial charge in [0.05, 0.1) is 11.8 Å². The first-order valence-corrected chi connectivity index (χ1v) is 8.15. The van der Waals surface area contributed by atoms with E-state index in [1.165, 1.54) is 5.56 Å². The number of rotatable bonds is 3. The summed E-state index contributed by atoms with van der Waals surface area (Å²) in [5.74, 6) is 2.00. The van der Waals surface area contributed by atoms with Crippen molar-refractivity contribution < 1.29 is 9.21 Å². The van der Waals surface area contributed by atoms with E-state index in [1.807, 2.05) is 30.3 Å². The molecular weight excluding hydrogens is 290 g/mol. The molecule has 120 valence electrons. The van der Waals surface area contributed by atoms with Crippen LogP contribution in [0.1, 0.15) is 21.7 Å². The third kappa shape index (κ3) is 2.77. The van der Waals surface area contributed by atoms with E-state index < -0.39 is 0 Å². The number of pyridine rings is 1. The van der Waals surface area contributed by atoms with Gasteiger partial charge in [0.1, 0.15) is 5.76 Å². The summed E-state index contributed by atoms with van der Waals surface area (Å²) >= 11 is 0. The summed E-state index contributed by atoms with van der Waals surface area (Å²) in [5.41, 5.74) is 1.96. The van der Waals surface area contributed by atoms with E-state index in [-0.39, 0.29) is 5.91 Å². The van der Waals surface area contributed by atoms with Gasteiger partial charge in [-0.05, 0) is 36.5 Å². The highest BCUT2D eigenvalue weighted by atomic mass is 16.3. The van der Waals surface area contributed by atoms with Crippen LogP contribution >= 0.6 is 0 Å². The minimum absolute atomic E-state index is 0.115. The molecule has 4 heterocycles. The highest BCUT2D eigenvalue weighted by molar-refractivity contribution is 5.95. The molecule has 0 radical (unpaired) electrons. The van der Waals surface area contributed by atoms with Gasteiger partial charge in [-0.25, -0.2) is 0 Å². The first-order valence-electron chi connectivity index (χ1n) is 8.15. The number of hydrogen-bond acceptors (Lipinski definition) is 4. The zero-order chi connectivity index (χ0) is 15.8. The molecular formula is C18H21N3O2. The fourth-order valence-electron chi connectivity index (χ4n) is 3.91. The number of carbonyl (C=O) groups is 1. The highest BCUT2D eigenvalue weighted by Crippen LogP contribution is 2.32. The van der Waals surface area contributed by atoms with Crippen molar-refractivity contribution >= 4 is 5.91 Å². The average Bonchev–Trinajstić information content (AvgIpc) is 3.22. The second kappa shape index (κ2) is 5.81. The zero-order valence-corrected chi connectivity index (χ0v) is 13.3. The topological polar surface area (TPSA) is 49.6 Å². The van der Waals surface area contributed by atoms with E-state index in [9.17, 15) is 4.79 Å². The number of aromatic nitrogens is 1. The monoisotopic (exact) mass is 311 g/mol. The molecule has 0 saturated carbocycles. The smallest absolute Gasteiger partial charge is 0.257 e. The Labute approximate surface area is 135 Å². The predicted octanol–water partition coefficient (Wildman–Crippen LogP) is 2.19. The van der Waals surface area contributed by atoms with Gasteiger partial charge in [0.25, 0.3) is 5.91 Å². The number of hydrogen-bond donors (Lipinski definition) is 0. The Morgan fingerprint density at radius 1 is 1.26 bits per heavy atom. The lowest BCUT2D eigenvalue weighted by Crippen LogP contribution is -2.33. The largest absolute Gasteiger partial charge is 0.469 e. The molecule has 0 aliphatic carbocycles. The molecule has 2 atom stereocenters. The molecule has 0 aromatic carbocycles. The zero-order valence-electron chi connectivity index (χ0n) is 13.3. The lowest BCUT2D eigenvalue weighted by atomic mass is 10.0. The molecule has 4 rings (SSSR count). The molecule has 23 heavy (non-hydrogen) atoms. The van der Waals surface area contributed by atoms with Gasteiger partial charge in [-0.3, -0.25) is 14.7 Å². The predicted molar refractivity (Wildman–Crippen MR) is 85.8 cm³/mol. The van der Waals surface area contributed by atoms with Gasteiger partial charge in [0, 0.05) is 45.1 Å². The molecule has 0 N–H and O–H groups in total. The SMILES string of the molecule is Cc1occc1C(=O)N1C[C@H]2CN(Cc3cccnc3)C[C@@H]2C1. The van der Waals surface area contributed by atoms with Crippen LogP contribution in [0.2, 0.25) is 0 Å². The molecule has 5 nitrogen and oxygen atoms in total. The lowest BCUT2D eigenvalue weighted by Gasteiger charge is -2.21. The Balaban J connectivity index is 1.37. The summed E-state index contributed by atoms with van der Waals surface area (Å²) in [6.07, 6.45) is 5.34. The van der Waals surface area contributed by atoms with Crippen molar-refractivity contribution in [2.24, 2.45) is 11.8 Å². The molecule has 2 aliphatic rings. The summed E-state index contributed by atoms with van der Waals surface area (Å²) in [5, 5.41) is 0. The van der Waals surface area contributed by atoms with Crippen LogP contribution < -0.4 is 0 Å². The molecule has 0 spiro atoms. The third-order valence-electron chi connectivity index (χ3n) is 5.07. The summed E-state index contributed by atoms with van der Waals surface area (Å²) in [4.78, 5) is 21.2. The number of likely N-dealkylation sites (tertiary alicyclic amines) is 2. The molecule has 2 fully saturated rings. The standard InChI is InChI=1S/C18H21N3O2/c1-13-17(4-6-23-13)18(22)21-11-15-9-20(10-16(15)12-21)8-14-3-2-5-19-7-14/h2-7,15-16H,8-12H2,1H3/t15-,16-/m1/s1. The van der Waals surface area contributed by atoms with E-state index in [1.54, 1.807) is 12.3 Å². The van der Waals surface area contributed by atoms with E-state index in [0.717, 1.165) is 32.7 Å². The van der Waals surface area contributed by atoms with Gasteiger partial charge in [-0.15, -0.1) is 0 Å². The van der Waals surface area contributed by atoms with Gasteiger partial charge in [0.15, 0.2) is 0 Å². The number of aryl methyl sites for hydroxylation is 1. The van der Waals surface area contributed by atoms with Crippen LogP contribution in [0.3, 0.4) is 0 Å². The number of fused-ring (bicyclic) bond motifs is 1. The molecule has 1 amide bonds. The average molecular weight is 311 g/mol. The first-order chi connectivity index (χ1) is 11.2. The first kappa shape index (κ1) is 14.5. The van der Waals surface area contributed by atoms with Gasteiger partial charge in [0.2, 0.25) is 0 Å². The Hall–Kier alpha value is -2.14. The fraction of sp³-hybridized carbons (Fsp3) is 0.444. The van der Waals surface area contributed by atoms with E-state index >= 15 is 0 Å². The van der Waals surface area contributed by atoms with Crippen molar-refractivity contribution in [3.8, 4) is 0 Å². The van der Waals surface area contributed by atoms with Gasteiger partial charge in [-0.2, -0.15) is 0 Å². The summed E-state index contributed by atoms with van der Waals surface area (Å²) in [6.45, 7) is 6.64. The number of carbonyl (C=O) groups excluding carboxylic acids is 1. The Morgan fingerprint density at radius 3 is 2.65 bits per heavy atom. The van der Waals surface area contributed by atoms with Crippen LogP contribution in [0.25, 0.3) is 0 Å². The molecule has 2 aromatic heterocycles. The highest BCUT2D eigenvalue weighted by Gasteiger charge is 2.41. The Bertz CT molecular complexity index is 683. The van der Waals surface area contributed by atoms with Crippen molar-refractivity contribution in [2.75, 3.05) is 26.2 Å². The quantitative estimate of drug-likeness (QED) is 0.872. The minimum Gasteiger partial charge on any atom is -0.469 e. The van der Waals surface area contributed by atoms with Crippen LogP contribution in [0.15, 0.2) is 41.3 Å². The number of nitrogens with zero attached hydrogens (tertiary/aromatic N) is 3. The maximum Gasteiger partial charge on any atom is 0.257 e. The van der Waals surface area contributed by atoms with Crippen molar-refractivity contribution in [1.82, 2.24) is 14.8 Å². The molecule has 2 saturated heterocycles. The maximum atomic E-state index is 12.6. The van der Waals surface area contributed by atoms with Crippen molar-refractivity contribution in [3.63, 3.8) is 0 Å². The van der Waals surface area contributed by atoms with Crippen LogP contribution in [-0.2, 0) is 6.54 Å². The van der Waals surface area contributed by atoms with Gasteiger partial charge in [-0.1, -0.05) is 6.07 Å². The van der Waals surface area contributed by atoms with Crippen molar-refractivity contribution in [1.29, 1.82) is 0 Å². The van der Waals surface area contributed by atoms with Crippen LogP contribution in [0, 0.1) is 18.8 Å². The second-order valence-corrected chi connectivity index (χ2v) is 6.68. The Morgan fingerprint density at radius 2 is 2.04 bits per heavy atom. The molecule has 2 aromatic rings. The van der Waals surface area contributed by atoms with Crippen LogP contribution in [-0.4, -0.2) is 46.9 Å². The Kier molecular flexibility index (Phi) is 3.65. The van der Waals surface area contributed by atoms with Crippen LogP contribution in [0.5, 0.6) is 0 Å². The lowest BCUT2D eigenvalue weighted by molar-refractivity contribution is 0.0771. The van der Waals surface area contributed by atoms with Gasteiger partial charge < -0.3 is 9.32 Å².